The molecular weight excluding hydrogens is 188 g/mol. The molecule has 0 atom stereocenters. The molecule has 0 heterocycles. The summed E-state index contributed by atoms with van der Waals surface area (Å²) >= 11 is 0. The molecule has 3 heteroatoms. The quantitative estimate of drug-likeness (QED) is 0.616. The van der Waals surface area contributed by atoms with Crippen LogP contribution >= 0.6 is 0 Å². The zero-order valence-corrected chi connectivity index (χ0v) is 10.1. The van der Waals surface area contributed by atoms with Crippen molar-refractivity contribution in [2.45, 2.75) is 38.9 Å². The number of hydrogen-bond acceptors (Lipinski definition) is 2. The summed E-state index contributed by atoms with van der Waals surface area (Å²) in [5, 5.41) is 18.2. The van der Waals surface area contributed by atoms with E-state index >= 15 is 0 Å². The summed E-state index contributed by atoms with van der Waals surface area (Å²) in [4.78, 5) is 0. The minimum atomic E-state index is -1.31. The van der Waals surface area contributed by atoms with Crippen molar-refractivity contribution in [3.05, 3.63) is 11.3 Å². The average molecular weight is 204 g/mol. The number of nitrogens with zero attached hydrogens (tertiary/aromatic N) is 2. The van der Waals surface area contributed by atoms with E-state index in [1.54, 1.807) is 0 Å². The molecule has 2 nitrogen and oxygen atoms in total. The van der Waals surface area contributed by atoms with Gasteiger partial charge in [-0.2, -0.15) is 10.5 Å². The molecule has 1 aliphatic carbocycles. The third-order valence-electron chi connectivity index (χ3n) is 2.54. The van der Waals surface area contributed by atoms with Gasteiger partial charge in [0.25, 0.3) is 0 Å². The van der Waals surface area contributed by atoms with Crippen LogP contribution in [0.15, 0.2) is 11.3 Å². The summed E-state index contributed by atoms with van der Waals surface area (Å²) in [6.07, 6.45) is 2.64. The minimum absolute atomic E-state index is 0.719. The van der Waals surface area contributed by atoms with Gasteiger partial charge in [0.15, 0.2) is 5.41 Å². The van der Waals surface area contributed by atoms with Crippen LogP contribution in [0.2, 0.25) is 19.6 Å². The van der Waals surface area contributed by atoms with Gasteiger partial charge in [0, 0.05) is 0 Å². The van der Waals surface area contributed by atoms with Crippen molar-refractivity contribution in [1.29, 1.82) is 10.5 Å². The lowest BCUT2D eigenvalue weighted by Crippen LogP contribution is -2.21. The molecular formula is C11H16N2Si. The fourth-order valence-corrected chi connectivity index (χ4v) is 3.35. The Kier molecular flexibility index (Phi) is 2.83. The van der Waals surface area contributed by atoms with E-state index in [0.717, 1.165) is 24.8 Å². The van der Waals surface area contributed by atoms with Crippen LogP contribution in [0.25, 0.3) is 0 Å². The highest BCUT2D eigenvalue weighted by atomic mass is 28.3. The van der Waals surface area contributed by atoms with Crippen molar-refractivity contribution in [2.24, 2.45) is 5.41 Å². The van der Waals surface area contributed by atoms with Gasteiger partial charge in [-0.1, -0.05) is 25.3 Å². The van der Waals surface area contributed by atoms with Gasteiger partial charge in [-0.25, -0.2) is 0 Å². The largest absolute Gasteiger partial charge is 0.196 e. The zero-order chi connectivity index (χ0) is 10.8. The van der Waals surface area contributed by atoms with E-state index in [9.17, 15) is 0 Å². The van der Waals surface area contributed by atoms with Gasteiger partial charge >= 0.3 is 0 Å². The highest BCUT2D eigenvalue weighted by Gasteiger charge is 2.39. The average Bonchev–Trinajstić information content (AvgIpc) is 2.46. The summed E-state index contributed by atoms with van der Waals surface area (Å²) in [5.41, 5.74) is 2.52. The van der Waals surface area contributed by atoms with Gasteiger partial charge in [0.05, 0.1) is 20.2 Å². The third-order valence-corrected chi connectivity index (χ3v) is 3.75. The molecule has 0 aromatic carbocycles. The zero-order valence-electron chi connectivity index (χ0n) is 9.09. The fourth-order valence-electron chi connectivity index (χ4n) is 1.92. The predicted octanol–water partition coefficient (Wildman–Crippen LogP) is 3.01. The number of allylic oxidation sites excluding steroid dienone is 1. The van der Waals surface area contributed by atoms with Crippen LogP contribution in [0.3, 0.4) is 0 Å². The molecule has 0 aliphatic heterocycles. The van der Waals surface area contributed by atoms with Crippen LogP contribution in [0.5, 0.6) is 0 Å². The molecule has 1 aliphatic rings. The van der Waals surface area contributed by atoms with E-state index in [-0.39, 0.29) is 0 Å². The molecule has 0 amide bonds. The Balaban J connectivity index is 3.09. The molecule has 0 radical (unpaired) electrons. The van der Waals surface area contributed by atoms with Crippen molar-refractivity contribution in [2.75, 3.05) is 0 Å². The Morgan fingerprint density at radius 2 is 1.86 bits per heavy atom. The first-order chi connectivity index (χ1) is 6.43. The second-order valence-electron chi connectivity index (χ2n) is 5.02. The Bertz CT molecular complexity index is 322. The number of hydrogen-bond donors (Lipinski definition) is 0. The monoisotopic (exact) mass is 204 g/mol. The summed E-state index contributed by atoms with van der Waals surface area (Å²) in [7, 11) is -1.31. The van der Waals surface area contributed by atoms with Crippen LogP contribution in [0.1, 0.15) is 19.3 Å². The first kappa shape index (κ1) is 11.0. The topological polar surface area (TPSA) is 47.6 Å². The second kappa shape index (κ2) is 3.59. The highest BCUT2D eigenvalue weighted by Crippen LogP contribution is 2.42. The molecule has 0 aromatic heterocycles. The molecule has 74 valence electrons. The maximum Gasteiger partial charge on any atom is 0.164 e. The van der Waals surface area contributed by atoms with Crippen LogP contribution in [-0.2, 0) is 0 Å². The number of nitriles is 2. The first-order valence-electron chi connectivity index (χ1n) is 4.98. The van der Waals surface area contributed by atoms with Crippen LogP contribution < -0.4 is 0 Å². The van der Waals surface area contributed by atoms with E-state index < -0.39 is 13.5 Å². The van der Waals surface area contributed by atoms with Crippen molar-refractivity contribution in [3.8, 4) is 12.1 Å². The third kappa shape index (κ3) is 2.05. The first-order valence-corrected chi connectivity index (χ1v) is 8.56. The smallest absolute Gasteiger partial charge is 0.164 e. The van der Waals surface area contributed by atoms with Gasteiger partial charge in [-0.15, -0.1) is 0 Å². The Morgan fingerprint density at radius 3 is 2.29 bits per heavy atom. The standard InChI is InChI=1S/C11H16N2Si/c1-14(2,3)7-10-5-4-6-11(10,8-12)9-13/h7H,4-6H2,1-3H3/b10-7-. The predicted molar refractivity (Wildman–Crippen MR) is 58.9 cm³/mol. The maximum absolute atomic E-state index is 9.09. The van der Waals surface area contributed by atoms with Crippen molar-refractivity contribution < 1.29 is 0 Å². The molecule has 0 spiro atoms. The summed E-state index contributed by atoms with van der Waals surface area (Å²) in [6.45, 7) is 6.70. The normalized spacial score (nSPS) is 23.1. The Morgan fingerprint density at radius 1 is 1.29 bits per heavy atom. The van der Waals surface area contributed by atoms with Crippen molar-refractivity contribution in [3.63, 3.8) is 0 Å². The van der Waals surface area contributed by atoms with Gasteiger partial charge in [-0.3, -0.25) is 0 Å². The summed E-state index contributed by atoms with van der Waals surface area (Å²) in [6, 6.07) is 4.39. The SMILES string of the molecule is C[Si](C)(C)/C=C1/CCCC1(C#N)C#N. The highest BCUT2D eigenvalue weighted by molar-refractivity contribution is 6.81. The fraction of sp³-hybridized carbons (Fsp3) is 0.636. The van der Waals surface area contributed by atoms with E-state index in [1.807, 2.05) is 0 Å². The maximum atomic E-state index is 9.09. The van der Waals surface area contributed by atoms with E-state index in [0.29, 0.717) is 0 Å². The number of rotatable bonds is 1. The lowest BCUT2D eigenvalue weighted by molar-refractivity contribution is 0.634. The van der Waals surface area contributed by atoms with Gasteiger partial charge in [0.2, 0.25) is 0 Å². The van der Waals surface area contributed by atoms with Crippen molar-refractivity contribution >= 4 is 8.07 Å². The molecule has 1 fully saturated rings. The lowest BCUT2D eigenvalue weighted by Gasteiger charge is -2.17. The lowest BCUT2D eigenvalue weighted by atomic mass is 9.87. The summed E-state index contributed by atoms with van der Waals surface area (Å²) in [5.74, 6) is 0. The molecule has 1 rings (SSSR count). The second-order valence-corrected chi connectivity index (χ2v) is 10.0. The molecule has 0 saturated heterocycles. The van der Waals surface area contributed by atoms with Crippen molar-refractivity contribution in [1.82, 2.24) is 0 Å². The molecule has 0 unspecified atom stereocenters. The van der Waals surface area contributed by atoms with Crippen LogP contribution in [0.4, 0.5) is 0 Å². The molecule has 14 heavy (non-hydrogen) atoms. The van der Waals surface area contributed by atoms with E-state index in [1.165, 1.54) is 0 Å². The van der Waals surface area contributed by atoms with Crippen LogP contribution in [-0.4, -0.2) is 8.07 Å². The molecule has 0 aromatic rings. The van der Waals surface area contributed by atoms with E-state index in [4.69, 9.17) is 10.5 Å². The summed E-state index contributed by atoms with van der Waals surface area (Å²) < 4.78 is 0. The molecule has 1 saturated carbocycles. The minimum Gasteiger partial charge on any atom is -0.196 e. The van der Waals surface area contributed by atoms with Gasteiger partial charge in [0.1, 0.15) is 0 Å². The van der Waals surface area contributed by atoms with Crippen LogP contribution in [0, 0.1) is 28.1 Å². The van der Waals surface area contributed by atoms with Gasteiger partial charge in [-0.05, 0) is 24.8 Å². The Labute approximate surface area is 86.9 Å². The molecule has 0 N–H and O–H groups in total. The van der Waals surface area contributed by atoms with E-state index in [2.05, 4.69) is 37.5 Å². The molecule has 0 bridgehead atoms. The Hall–Kier alpha value is -1.06. The van der Waals surface area contributed by atoms with Gasteiger partial charge < -0.3 is 0 Å².